The van der Waals surface area contributed by atoms with Crippen LogP contribution in [0.15, 0.2) is 41.2 Å². The summed E-state index contributed by atoms with van der Waals surface area (Å²) >= 11 is 0. The van der Waals surface area contributed by atoms with Gasteiger partial charge in [0.2, 0.25) is 5.60 Å². The fraction of sp³-hybridized carbons (Fsp3) is 0.414. The topological polar surface area (TPSA) is 149 Å². The van der Waals surface area contributed by atoms with Crippen LogP contribution in [0.1, 0.15) is 49.3 Å². The van der Waals surface area contributed by atoms with Gasteiger partial charge in [-0.2, -0.15) is 0 Å². The molecule has 210 valence electrons. The van der Waals surface area contributed by atoms with Gasteiger partial charge in [-0.1, -0.05) is 25.1 Å². The van der Waals surface area contributed by atoms with E-state index in [0.717, 1.165) is 16.5 Å². The molecule has 1 unspecified atom stereocenters. The second kappa shape index (κ2) is 11.6. The molecule has 40 heavy (non-hydrogen) atoms. The van der Waals surface area contributed by atoms with E-state index in [2.05, 4.69) is 0 Å². The molecule has 5 rings (SSSR count). The van der Waals surface area contributed by atoms with E-state index in [1.807, 2.05) is 30.3 Å². The maximum Gasteiger partial charge on any atom is 0.355 e. The molecule has 1 atom stereocenters. The molecular weight excluding hydrogens is 518 g/mol. The molecule has 0 aliphatic carbocycles. The number of hydrogen-bond donors (Lipinski definition) is 1. The van der Waals surface area contributed by atoms with Crippen LogP contribution in [0.3, 0.4) is 0 Å². The van der Waals surface area contributed by atoms with Crippen molar-refractivity contribution >= 4 is 28.8 Å². The molecular formula is C29H31N3O8. The highest BCUT2D eigenvalue weighted by Gasteiger charge is 2.50. The van der Waals surface area contributed by atoms with Crippen molar-refractivity contribution in [2.24, 2.45) is 5.73 Å². The first-order valence-corrected chi connectivity index (χ1v) is 13.4. The summed E-state index contributed by atoms with van der Waals surface area (Å²) in [7, 11) is 0. The Morgan fingerprint density at radius 3 is 2.70 bits per heavy atom. The number of ether oxygens (including phenoxy) is 4. The van der Waals surface area contributed by atoms with Gasteiger partial charge in [0, 0.05) is 35.9 Å². The molecule has 0 amide bonds. The second-order valence-corrected chi connectivity index (χ2v) is 9.71. The Labute approximate surface area is 230 Å². The Bertz CT molecular complexity index is 1530. The molecule has 0 saturated carbocycles. The van der Waals surface area contributed by atoms with E-state index in [0.29, 0.717) is 36.6 Å². The lowest BCUT2D eigenvalue weighted by Gasteiger charge is -2.35. The fourth-order valence-corrected chi connectivity index (χ4v) is 5.18. The summed E-state index contributed by atoms with van der Waals surface area (Å²) in [6.45, 7) is 2.92. The minimum Gasteiger partial charge on any atom is -0.463 e. The summed E-state index contributed by atoms with van der Waals surface area (Å²) in [5.41, 5.74) is 6.72. The summed E-state index contributed by atoms with van der Waals surface area (Å²) in [4.78, 5) is 56.4. The molecule has 2 N–H and O–H groups in total. The summed E-state index contributed by atoms with van der Waals surface area (Å²) in [5, 5.41) is 0.964. The molecule has 2 aliphatic rings. The quantitative estimate of drug-likeness (QED) is 0.168. The highest BCUT2D eigenvalue weighted by atomic mass is 16.6. The third-order valence-corrected chi connectivity index (χ3v) is 7.19. The van der Waals surface area contributed by atoms with Crippen LogP contribution >= 0.6 is 0 Å². The van der Waals surface area contributed by atoms with Crippen molar-refractivity contribution in [2.75, 3.05) is 26.4 Å². The lowest BCUT2D eigenvalue weighted by molar-refractivity contribution is -0.189. The van der Waals surface area contributed by atoms with E-state index < -0.39 is 23.5 Å². The molecule has 0 saturated heterocycles. The zero-order chi connectivity index (χ0) is 28.3. The average Bonchev–Trinajstić information content (AvgIpc) is 3.31. The number of nitrogens with two attached hydrogens (primary N) is 1. The van der Waals surface area contributed by atoms with Crippen molar-refractivity contribution in [3.05, 3.63) is 63.4 Å². The number of nitrogens with zero attached hydrogens (tertiary/aromatic N) is 2. The Morgan fingerprint density at radius 2 is 1.90 bits per heavy atom. The van der Waals surface area contributed by atoms with Gasteiger partial charge in [-0.3, -0.25) is 14.4 Å². The van der Waals surface area contributed by atoms with Gasteiger partial charge < -0.3 is 29.2 Å². The molecule has 1 aromatic carbocycles. The number of rotatable bonds is 11. The van der Waals surface area contributed by atoms with Crippen molar-refractivity contribution in [3.8, 4) is 11.4 Å². The molecule has 0 fully saturated rings. The molecule has 2 aliphatic heterocycles. The van der Waals surface area contributed by atoms with Crippen LogP contribution in [0.4, 0.5) is 0 Å². The molecule has 0 bridgehead atoms. The van der Waals surface area contributed by atoms with Crippen LogP contribution in [-0.4, -0.2) is 53.8 Å². The van der Waals surface area contributed by atoms with Crippen LogP contribution < -0.4 is 11.3 Å². The van der Waals surface area contributed by atoms with Crippen LogP contribution in [0.2, 0.25) is 0 Å². The predicted molar refractivity (Wildman–Crippen MR) is 143 cm³/mol. The largest absolute Gasteiger partial charge is 0.463 e. The second-order valence-electron chi connectivity index (χ2n) is 9.71. The van der Waals surface area contributed by atoms with Gasteiger partial charge in [-0.15, -0.1) is 0 Å². The first-order chi connectivity index (χ1) is 19.4. The zero-order valence-corrected chi connectivity index (χ0v) is 22.3. The van der Waals surface area contributed by atoms with Gasteiger partial charge in [-0.25, -0.2) is 9.78 Å². The number of carbonyl (C=O) groups is 3. The smallest absolute Gasteiger partial charge is 0.355 e. The molecule has 0 spiro atoms. The van der Waals surface area contributed by atoms with E-state index in [4.69, 9.17) is 29.7 Å². The van der Waals surface area contributed by atoms with Gasteiger partial charge >= 0.3 is 17.9 Å². The Kier molecular flexibility index (Phi) is 7.95. The Morgan fingerprint density at radius 1 is 1.10 bits per heavy atom. The maximum absolute atomic E-state index is 13.6. The third kappa shape index (κ3) is 5.09. The van der Waals surface area contributed by atoms with Crippen LogP contribution in [-0.2, 0) is 52.1 Å². The van der Waals surface area contributed by atoms with Crippen molar-refractivity contribution in [3.63, 3.8) is 0 Å². The number of benzene rings is 1. The van der Waals surface area contributed by atoms with Crippen molar-refractivity contribution in [1.29, 1.82) is 0 Å². The molecule has 0 radical (unpaired) electrons. The predicted octanol–water partition coefficient (Wildman–Crippen LogP) is 2.32. The summed E-state index contributed by atoms with van der Waals surface area (Å²) in [6.07, 6.45) is 0.109. The number of carbonyl (C=O) groups excluding carboxylic acids is 3. The Balaban J connectivity index is 1.36. The number of aromatic nitrogens is 2. The average molecular weight is 550 g/mol. The number of fused-ring (bicyclic) bond motifs is 5. The number of hydrogen-bond acceptors (Lipinski definition) is 10. The summed E-state index contributed by atoms with van der Waals surface area (Å²) < 4.78 is 23.0. The van der Waals surface area contributed by atoms with Gasteiger partial charge in [0.25, 0.3) is 5.56 Å². The lowest BCUT2D eigenvalue weighted by atomic mass is 9.85. The lowest BCUT2D eigenvalue weighted by Crippen LogP contribution is -2.47. The van der Waals surface area contributed by atoms with E-state index in [-0.39, 0.29) is 56.6 Å². The van der Waals surface area contributed by atoms with Crippen LogP contribution in [0.25, 0.3) is 22.3 Å². The molecule has 11 nitrogen and oxygen atoms in total. The maximum atomic E-state index is 13.6. The molecule has 3 aromatic rings. The Hall–Kier alpha value is -4.09. The fourth-order valence-electron chi connectivity index (χ4n) is 5.18. The van der Waals surface area contributed by atoms with Crippen molar-refractivity contribution in [2.45, 2.75) is 51.4 Å². The number of cyclic esters (lactones) is 1. The molecule has 11 heteroatoms. The number of para-hydroxylation sites is 1. The van der Waals surface area contributed by atoms with Crippen molar-refractivity contribution < 1.29 is 33.3 Å². The molecule has 2 aromatic heterocycles. The van der Waals surface area contributed by atoms with Crippen LogP contribution in [0, 0.1) is 0 Å². The van der Waals surface area contributed by atoms with Crippen LogP contribution in [0.5, 0.6) is 0 Å². The highest BCUT2D eigenvalue weighted by molar-refractivity contribution is 5.88. The monoisotopic (exact) mass is 549 g/mol. The summed E-state index contributed by atoms with van der Waals surface area (Å²) in [5.74, 6) is -1.89. The zero-order valence-electron chi connectivity index (χ0n) is 22.3. The highest BCUT2D eigenvalue weighted by Crippen LogP contribution is 2.41. The minimum absolute atomic E-state index is 0.00257. The van der Waals surface area contributed by atoms with E-state index >= 15 is 0 Å². The SMILES string of the molecule is CCC1(OC(=O)CCCC(=O)OCCOCCN)C(=O)OCc2c1cc1n(c2=O)Cc2cc3ccccc3nc2-1. The summed E-state index contributed by atoms with van der Waals surface area (Å²) in [6, 6.07) is 11.4. The normalized spacial score (nSPS) is 17.1. The standard InChI is InChI=1S/C29H31N3O8/c1-2-29(40-25(34)9-5-8-24(33)38-13-12-37-11-10-30)21-15-23-26-19(14-18-6-3-4-7-22(18)31-26)16-32(23)27(35)20(21)17-39-28(29)36/h3-4,6-7,14-15H,2,5,8-13,16-17,30H2,1H3. The third-order valence-electron chi connectivity index (χ3n) is 7.19. The molecule has 4 heterocycles. The first kappa shape index (κ1) is 27.5. The van der Waals surface area contributed by atoms with Crippen molar-refractivity contribution in [1.82, 2.24) is 9.55 Å². The van der Waals surface area contributed by atoms with Gasteiger partial charge in [0.1, 0.15) is 13.2 Å². The van der Waals surface area contributed by atoms with Gasteiger partial charge in [0.15, 0.2) is 0 Å². The first-order valence-electron chi connectivity index (χ1n) is 13.4. The van der Waals surface area contributed by atoms with Gasteiger partial charge in [0.05, 0.1) is 42.2 Å². The number of pyridine rings is 2. The van der Waals surface area contributed by atoms with E-state index in [1.165, 1.54) is 0 Å². The van der Waals surface area contributed by atoms with Gasteiger partial charge in [-0.05, 0) is 31.0 Å². The van der Waals surface area contributed by atoms with E-state index in [1.54, 1.807) is 17.6 Å². The minimum atomic E-state index is -1.78. The van der Waals surface area contributed by atoms with E-state index in [9.17, 15) is 19.2 Å². The number of esters is 3.